The third-order valence-corrected chi connectivity index (χ3v) is 4.65. The van der Waals surface area contributed by atoms with E-state index in [1.165, 1.54) is 0 Å². The standard InChI is InChI=1S/C13H20ClIN2O/c1-6-13(5,18-7-2)12-16-10(8(3)4)9(15)11(14)17-12/h8H,6-7H2,1-5H3. The maximum atomic E-state index is 6.21. The van der Waals surface area contributed by atoms with Gasteiger partial charge in [0.1, 0.15) is 10.8 Å². The zero-order valence-electron chi connectivity index (χ0n) is 11.6. The fourth-order valence-corrected chi connectivity index (χ4v) is 2.74. The van der Waals surface area contributed by atoms with E-state index < -0.39 is 5.60 Å². The number of rotatable bonds is 5. The lowest BCUT2D eigenvalue weighted by molar-refractivity contribution is -0.0392. The van der Waals surface area contributed by atoms with E-state index in [2.05, 4.69) is 53.3 Å². The molecule has 0 N–H and O–H groups in total. The second-order valence-corrected chi connectivity index (χ2v) is 6.15. The molecule has 1 aromatic rings. The number of hydrogen-bond donors (Lipinski definition) is 0. The van der Waals surface area contributed by atoms with Crippen LogP contribution in [0.2, 0.25) is 5.15 Å². The van der Waals surface area contributed by atoms with Crippen LogP contribution in [-0.4, -0.2) is 16.6 Å². The molecule has 0 saturated carbocycles. The molecule has 0 fully saturated rings. The maximum absolute atomic E-state index is 6.21. The molecule has 0 radical (unpaired) electrons. The Morgan fingerprint density at radius 1 is 1.33 bits per heavy atom. The van der Waals surface area contributed by atoms with Gasteiger partial charge in [0, 0.05) is 6.61 Å². The molecular formula is C13H20ClIN2O. The molecule has 102 valence electrons. The minimum Gasteiger partial charge on any atom is -0.368 e. The summed E-state index contributed by atoms with van der Waals surface area (Å²) in [7, 11) is 0. The van der Waals surface area contributed by atoms with E-state index in [-0.39, 0.29) is 0 Å². The Labute approximate surface area is 128 Å². The SMILES string of the molecule is CCOC(C)(CC)c1nc(Cl)c(I)c(C(C)C)n1. The second kappa shape index (κ2) is 6.48. The van der Waals surface area contributed by atoms with E-state index in [1.807, 2.05) is 13.8 Å². The van der Waals surface area contributed by atoms with Gasteiger partial charge in [-0.15, -0.1) is 0 Å². The molecule has 0 amide bonds. The molecule has 1 unspecified atom stereocenters. The predicted molar refractivity (Wildman–Crippen MR) is 83.1 cm³/mol. The van der Waals surface area contributed by atoms with Gasteiger partial charge in [0.2, 0.25) is 0 Å². The Kier molecular flexibility index (Phi) is 5.80. The second-order valence-electron chi connectivity index (χ2n) is 4.71. The van der Waals surface area contributed by atoms with Gasteiger partial charge >= 0.3 is 0 Å². The van der Waals surface area contributed by atoms with Gasteiger partial charge in [-0.1, -0.05) is 32.4 Å². The third kappa shape index (κ3) is 3.33. The van der Waals surface area contributed by atoms with Crippen LogP contribution in [0.15, 0.2) is 0 Å². The number of halogens is 2. The highest BCUT2D eigenvalue weighted by molar-refractivity contribution is 14.1. The monoisotopic (exact) mass is 382 g/mol. The summed E-state index contributed by atoms with van der Waals surface area (Å²) in [6, 6.07) is 0. The lowest BCUT2D eigenvalue weighted by atomic mass is 10.0. The van der Waals surface area contributed by atoms with Crippen LogP contribution in [0.4, 0.5) is 0 Å². The van der Waals surface area contributed by atoms with E-state index in [9.17, 15) is 0 Å². The zero-order chi connectivity index (χ0) is 13.9. The lowest BCUT2D eigenvalue weighted by Crippen LogP contribution is -2.29. The summed E-state index contributed by atoms with van der Waals surface area (Å²) in [5.74, 6) is 1.000. The van der Waals surface area contributed by atoms with Crippen molar-refractivity contribution in [3.63, 3.8) is 0 Å². The molecule has 0 saturated heterocycles. The molecular weight excluding hydrogens is 363 g/mol. The van der Waals surface area contributed by atoms with Crippen LogP contribution in [-0.2, 0) is 10.3 Å². The Bertz CT molecular complexity index is 426. The Balaban J connectivity index is 3.33. The average molecular weight is 383 g/mol. The minimum atomic E-state index is -0.466. The molecule has 1 heterocycles. The summed E-state index contributed by atoms with van der Waals surface area (Å²) in [4.78, 5) is 9.07. The maximum Gasteiger partial charge on any atom is 0.161 e. The van der Waals surface area contributed by atoms with Crippen molar-refractivity contribution in [1.29, 1.82) is 0 Å². The van der Waals surface area contributed by atoms with Crippen LogP contribution in [0.3, 0.4) is 0 Å². The van der Waals surface area contributed by atoms with Gasteiger partial charge in [0.25, 0.3) is 0 Å². The largest absolute Gasteiger partial charge is 0.368 e. The normalized spacial score (nSPS) is 14.9. The van der Waals surface area contributed by atoms with E-state index in [0.29, 0.717) is 23.5 Å². The van der Waals surface area contributed by atoms with Gasteiger partial charge in [-0.05, 0) is 48.8 Å². The fourth-order valence-electron chi connectivity index (χ4n) is 1.70. The molecule has 3 nitrogen and oxygen atoms in total. The summed E-state index contributed by atoms with van der Waals surface area (Å²) in [5.41, 5.74) is 0.525. The van der Waals surface area contributed by atoms with Crippen LogP contribution in [0.5, 0.6) is 0 Å². The van der Waals surface area contributed by atoms with Crippen molar-refractivity contribution in [2.45, 2.75) is 52.6 Å². The number of ether oxygens (including phenoxy) is 1. The van der Waals surface area contributed by atoms with Crippen LogP contribution in [0, 0.1) is 3.57 Å². The lowest BCUT2D eigenvalue weighted by Gasteiger charge is -2.27. The van der Waals surface area contributed by atoms with Gasteiger partial charge in [-0.2, -0.15) is 0 Å². The molecule has 1 atom stereocenters. The Morgan fingerprint density at radius 3 is 2.39 bits per heavy atom. The topological polar surface area (TPSA) is 35.0 Å². The summed E-state index contributed by atoms with van der Waals surface area (Å²) < 4.78 is 6.74. The molecule has 0 aliphatic heterocycles. The Hall–Kier alpha value is 0.0600. The van der Waals surface area contributed by atoms with Crippen molar-refractivity contribution in [3.05, 3.63) is 20.2 Å². The molecule has 1 rings (SSSR count). The highest BCUT2D eigenvalue weighted by Crippen LogP contribution is 2.31. The summed E-state index contributed by atoms with van der Waals surface area (Å²) in [6.45, 7) is 10.9. The first-order chi connectivity index (χ1) is 8.35. The minimum absolute atomic E-state index is 0.318. The molecule has 0 aromatic carbocycles. The van der Waals surface area contributed by atoms with Crippen LogP contribution in [0.25, 0.3) is 0 Å². The van der Waals surface area contributed by atoms with Crippen molar-refractivity contribution in [1.82, 2.24) is 9.97 Å². The molecule has 5 heteroatoms. The van der Waals surface area contributed by atoms with Gasteiger partial charge in [0.15, 0.2) is 5.82 Å². The van der Waals surface area contributed by atoms with Crippen LogP contribution >= 0.6 is 34.2 Å². The molecule has 1 aromatic heterocycles. The summed E-state index contributed by atoms with van der Waals surface area (Å²) in [5, 5.41) is 0.517. The summed E-state index contributed by atoms with van der Waals surface area (Å²) in [6.07, 6.45) is 0.815. The fraction of sp³-hybridized carbons (Fsp3) is 0.692. The highest BCUT2D eigenvalue weighted by Gasteiger charge is 2.30. The molecule has 18 heavy (non-hydrogen) atoms. The van der Waals surface area contributed by atoms with Crippen LogP contribution < -0.4 is 0 Å². The van der Waals surface area contributed by atoms with Crippen molar-refractivity contribution in [3.8, 4) is 0 Å². The number of hydrogen-bond acceptors (Lipinski definition) is 3. The smallest absolute Gasteiger partial charge is 0.161 e. The molecule has 0 spiro atoms. The highest BCUT2D eigenvalue weighted by atomic mass is 127. The van der Waals surface area contributed by atoms with E-state index >= 15 is 0 Å². The molecule has 0 aliphatic rings. The van der Waals surface area contributed by atoms with Crippen molar-refractivity contribution in [2.24, 2.45) is 0 Å². The Morgan fingerprint density at radius 2 is 1.94 bits per heavy atom. The predicted octanol–water partition coefficient (Wildman–Crippen LogP) is 4.52. The first-order valence-corrected chi connectivity index (χ1v) is 7.68. The van der Waals surface area contributed by atoms with Crippen LogP contribution in [0.1, 0.15) is 58.5 Å². The van der Waals surface area contributed by atoms with Crippen molar-refractivity contribution >= 4 is 34.2 Å². The zero-order valence-corrected chi connectivity index (χ0v) is 14.5. The molecule has 0 bridgehead atoms. The van der Waals surface area contributed by atoms with Gasteiger partial charge in [-0.3, -0.25) is 0 Å². The van der Waals surface area contributed by atoms with E-state index in [4.69, 9.17) is 16.3 Å². The van der Waals surface area contributed by atoms with Crippen molar-refractivity contribution < 1.29 is 4.74 Å². The van der Waals surface area contributed by atoms with Gasteiger partial charge < -0.3 is 4.74 Å². The molecule has 0 aliphatic carbocycles. The van der Waals surface area contributed by atoms with Gasteiger partial charge in [0.05, 0.1) is 9.26 Å². The number of nitrogens with zero attached hydrogens (tertiary/aromatic N) is 2. The number of aromatic nitrogens is 2. The first-order valence-electron chi connectivity index (χ1n) is 6.23. The quantitative estimate of drug-likeness (QED) is 0.555. The summed E-state index contributed by atoms with van der Waals surface area (Å²) >= 11 is 8.41. The van der Waals surface area contributed by atoms with Crippen molar-refractivity contribution in [2.75, 3.05) is 6.61 Å². The average Bonchev–Trinajstić information content (AvgIpc) is 2.32. The van der Waals surface area contributed by atoms with E-state index in [1.54, 1.807) is 0 Å². The van der Waals surface area contributed by atoms with Gasteiger partial charge in [-0.25, -0.2) is 9.97 Å². The third-order valence-electron chi connectivity index (χ3n) is 2.99. The van der Waals surface area contributed by atoms with E-state index in [0.717, 1.165) is 15.7 Å². The first kappa shape index (κ1) is 16.1.